The number of aromatic nitrogens is 2. The quantitative estimate of drug-likeness (QED) is 0.879. The summed E-state index contributed by atoms with van der Waals surface area (Å²) in [7, 11) is 0. The third kappa shape index (κ3) is 2.85. The van der Waals surface area contributed by atoms with E-state index in [-0.39, 0.29) is 6.04 Å². The van der Waals surface area contributed by atoms with Gasteiger partial charge in [-0.2, -0.15) is 0 Å². The monoisotopic (exact) mass is 272 g/mol. The number of nitrogens with zero attached hydrogens (tertiary/aromatic N) is 3. The normalized spacial score (nSPS) is 12.4. The molecule has 1 atom stereocenters. The molecule has 4 nitrogen and oxygen atoms in total. The first-order chi connectivity index (χ1) is 9.71. The third-order valence-electron chi connectivity index (χ3n) is 3.74. The van der Waals surface area contributed by atoms with Crippen LogP contribution in [0.25, 0.3) is 5.69 Å². The lowest BCUT2D eigenvalue weighted by Gasteiger charge is -2.21. The minimum atomic E-state index is 0.0277. The predicted octanol–water partition coefficient (Wildman–Crippen LogP) is 3.13. The van der Waals surface area contributed by atoms with E-state index in [9.17, 15) is 0 Å². The van der Waals surface area contributed by atoms with Crippen LogP contribution in [0.4, 0.5) is 5.69 Å². The lowest BCUT2D eigenvalue weighted by atomic mass is 10.1. The summed E-state index contributed by atoms with van der Waals surface area (Å²) in [5.41, 5.74) is 9.55. The highest BCUT2D eigenvalue weighted by molar-refractivity contribution is 5.51. The van der Waals surface area contributed by atoms with Crippen LogP contribution in [0.1, 0.15) is 38.9 Å². The number of benzene rings is 1. The molecule has 20 heavy (non-hydrogen) atoms. The van der Waals surface area contributed by atoms with Crippen LogP contribution in [-0.2, 0) is 0 Å². The van der Waals surface area contributed by atoms with Crippen molar-refractivity contribution < 1.29 is 0 Å². The van der Waals surface area contributed by atoms with Crippen LogP contribution in [-0.4, -0.2) is 22.6 Å². The van der Waals surface area contributed by atoms with Crippen LogP contribution < -0.4 is 10.6 Å². The van der Waals surface area contributed by atoms with Gasteiger partial charge >= 0.3 is 0 Å². The van der Waals surface area contributed by atoms with Gasteiger partial charge in [-0.05, 0) is 44.5 Å². The molecule has 108 valence electrons. The molecule has 0 bridgehead atoms. The van der Waals surface area contributed by atoms with Crippen LogP contribution in [0.5, 0.6) is 0 Å². The molecule has 4 heteroatoms. The lowest BCUT2D eigenvalue weighted by Crippen LogP contribution is -2.21. The highest BCUT2D eigenvalue weighted by Crippen LogP contribution is 2.21. The van der Waals surface area contributed by atoms with Crippen LogP contribution in [0.2, 0.25) is 0 Å². The van der Waals surface area contributed by atoms with Gasteiger partial charge in [-0.15, -0.1) is 0 Å². The first kappa shape index (κ1) is 14.6. The van der Waals surface area contributed by atoms with Crippen molar-refractivity contribution in [3.63, 3.8) is 0 Å². The number of anilines is 1. The standard InChI is InChI=1S/C16H24N4/c1-4-15(17)16-11-18-12-20(16)14-9-7-13(8-10-14)19(5-2)6-3/h7-12,15H,4-6,17H2,1-3H3/t15-/m1/s1. The van der Waals surface area contributed by atoms with E-state index >= 15 is 0 Å². The fraction of sp³-hybridized carbons (Fsp3) is 0.438. The van der Waals surface area contributed by atoms with Gasteiger partial charge in [0, 0.05) is 30.5 Å². The van der Waals surface area contributed by atoms with Gasteiger partial charge in [-0.3, -0.25) is 0 Å². The molecule has 0 aliphatic rings. The number of nitrogens with two attached hydrogens (primary N) is 1. The second-order valence-corrected chi connectivity index (χ2v) is 4.89. The van der Waals surface area contributed by atoms with E-state index in [4.69, 9.17) is 5.73 Å². The number of rotatable bonds is 6. The second-order valence-electron chi connectivity index (χ2n) is 4.89. The van der Waals surface area contributed by atoms with E-state index in [0.29, 0.717) is 0 Å². The topological polar surface area (TPSA) is 47.1 Å². The van der Waals surface area contributed by atoms with Crippen molar-refractivity contribution in [2.75, 3.05) is 18.0 Å². The fourth-order valence-electron chi connectivity index (χ4n) is 2.42. The van der Waals surface area contributed by atoms with Crippen molar-refractivity contribution in [1.29, 1.82) is 0 Å². The van der Waals surface area contributed by atoms with Gasteiger partial charge in [0.2, 0.25) is 0 Å². The van der Waals surface area contributed by atoms with Gasteiger partial charge < -0.3 is 15.2 Å². The summed E-state index contributed by atoms with van der Waals surface area (Å²) in [5, 5.41) is 0. The molecule has 0 amide bonds. The first-order valence-corrected chi connectivity index (χ1v) is 7.34. The van der Waals surface area contributed by atoms with Crippen LogP contribution >= 0.6 is 0 Å². The van der Waals surface area contributed by atoms with Gasteiger partial charge in [0.05, 0.1) is 18.2 Å². The molecule has 2 rings (SSSR count). The Labute approximate surface area is 121 Å². The smallest absolute Gasteiger partial charge is 0.0994 e. The Morgan fingerprint density at radius 2 is 1.80 bits per heavy atom. The van der Waals surface area contributed by atoms with Gasteiger partial charge in [0.25, 0.3) is 0 Å². The Morgan fingerprint density at radius 3 is 2.35 bits per heavy atom. The van der Waals surface area contributed by atoms with Crippen molar-refractivity contribution in [1.82, 2.24) is 9.55 Å². The van der Waals surface area contributed by atoms with Gasteiger partial charge in [0.15, 0.2) is 0 Å². The Kier molecular flexibility index (Phi) is 4.79. The maximum Gasteiger partial charge on any atom is 0.0994 e. The largest absolute Gasteiger partial charge is 0.372 e. The molecular weight excluding hydrogens is 248 g/mol. The van der Waals surface area contributed by atoms with E-state index < -0.39 is 0 Å². The van der Waals surface area contributed by atoms with Crippen molar-refractivity contribution in [3.05, 3.63) is 42.5 Å². The number of hydrogen-bond acceptors (Lipinski definition) is 3. The minimum Gasteiger partial charge on any atom is -0.372 e. The Bertz CT molecular complexity index is 526. The molecule has 0 radical (unpaired) electrons. The van der Waals surface area contributed by atoms with Gasteiger partial charge in [-0.25, -0.2) is 4.98 Å². The van der Waals surface area contributed by atoms with Crippen LogP contribution in [0.3, 0.4) is 0 Å². The maximum absolute atomic E-state index is 6.13. The van der Waals surface area contributed by atoms with E-state index in [1.807, 2.05) is 12.5 Å². The Hall–Kier alpha value is -1.81. The zero-order valence-corrected chi connectivity index (χ0v) is 12.6. The Balaban J connectivity index is 2.29. The highest BCUT2D eigenvalue weighted by atomic mass is 15.1. The summed E-state index contributed by atoms with van der Waals surface area (Å²) in [5.74, 6) is 0. The molecule has 0 unspecified atom stereocenters. The van der Waals surface area contributed by atoms with Crippen molar-refractivity contribution in [3.8, 4) is 5.69 Å². The molecule has 0 aliphatic heterocycles. The summed E-state index contributed by atoms with van der Waals surface area (Å²) >= 11 is 0. The van der Waals surface area contributed by atoms with Crippen molar-refractivity contribution in [2.24, 2.45) is 5.73 Å². The molecule has 1 aromatic carbocycles. The average Bonchev–Trinajstić information content (AvgIpc) is 2.98. The van der Waals surface area contributed by atoms with E-state index in [1.165, 1.54) is 5.69 Å². The summed E-state index contributed by atoms with van der Waals surface area (Å²) in [4.78, 5) is 6.56. The van der Waals surface area contributed by atoms with Crippen LogP contribution in [0, 0.1) is 0 Å². The number of imidazole rings is 1. The zero-order chi connectivity index (χ0) is 14.5. The van der Waals surface area contributed by atoms with Gasteiger partial charge in [-0.1, -0.05) is 6.92 Å². The summed E-state index contributed by atoms with van der Waals surface area (Å²) in [6.45, 7) is 8.47. The third-order valence-corrected chi connectivity index (χ3v) is 3.74. The summed E-state index contributed by atoms with van der Waals surface area (Å²) in [6, 6.07) is 8.59. The molecule has 2 aromatic rings. The molecule has 0 spiro atoms. The summed E-state index contributed by atoms with van der Waals surface area (Å²) in [6.07, 6.45) is 4.59. The van der Waals surface area contributed by atoms with Crippen molar-refractivity contribution >= 4 is 5.69 Å². The predicted molar refractivity (Wildman–Crippen MR) is 84.3 cm³/mol. The van der Waals surface area contributed by atoms with E-state index in [1.54, 1.807) is 0 Å². The maximum atomic E-state index is 6.13. The zero-order valence-electron chi connectivity index (χ0n) is 12.6. The Morgan fingerprint density at radius 1 is 1.15 bits per heavy atom. The van der Waals surface area contributed by atoms with Gasteiger partial charge in [0.1, 0.15) is 0 Å². The minimum absolute atomic E-state index is 0.0277. The molecular formula is C16H24N4. The molecule has 2 N–H and O–H groups in total. The molecule has 0 fully saturated rings. The van der Waals surface area contributed by atoms with Crippen molar-refractivity contribution in [2.45, 2.75) is 33.2 Å². The fourth-order valence-corrected chi connectivity index (χ4v) is 2.42. The molecule has 0 aliphatic carbocycles. The molecule has 0 saturated heterocycles. The summed E-state index contributed by atoms with van der Waals surface area (Å²) < 4.78 is 2.07. The molecule has 1 aromatic heterocycles. The second kappa shape index (κ2) is 6.57. The SMILES string of the molecule is CC[C@@H](N)c1cncn1-c1ccc(N(CC)CC)cc1. The average molecular weight is 272 g/mol. The van der Waals surface area contributed by atoms with E-state index in [2.05, 4.69) is 59.5 Å². The lowest BCUT2D eigenvalue weighted by molar-refractivity contribution is 0.660. The number of hydrogen-bond donors (Lipinski definition) is 1. The molecule has 1 heterocycles. The highest BCUT2D eigenvalue weighted by Gasteiger charge is 2.11. The van der Waals surface area contributed by atoms with Crippen LogP contribution in [0.15, 0.2) is 36.8 Å². The first-order valence-electron chi connectivity index (χ1n) is 7.34. The molecule has 0 saturated carbocycles. The van der Waals surface area contributed by atoms with E-state index in [0.717, 1.165) is 30.9 Å².